The SMILES string of the molecule is CC(CN1CCCC1)NS(=O)(=O)c1ccc(CBr)cc1. The average molecular weight is 361 g/mol. The van der Waals surface area contributed by atoms with Crippen molar-refractivity contribution in [3.8, 4) is 0 Å². The van der Waals surface area contributed by atoms with E-state index in [4.69, 9.17) is 0 Å². The highest BCUT2D eigenvalue weighted by Gasteiger charge is 2.20. The number of halogens is 1. The number of nitrogens with zero attached hydrogens (tertiary/aromatic N) is 1. The van der Waals surface area contributed by atoms with Crippen LogP contribution in [0.1, 0.15) is 25.3 Å². The summed E-state index contributed by atoms with van der Waals surface area (Å²) in [7, 11) is -3.42. The highest BCUT2D eigenvalue weighted by atomic mass is 79.9. The van der Waals surface area contributed by atoms with Crippen molar-refractivity contribution in [2.45, 2.75) is 36.0 Å². The zero-order valence-electron chi connectivity index (χ0n) is 11.7. The predicted octanol–water partition coefficient (Wildman–Crippen LogP) is 2.34. The minimum Gasteiger partial charge on any atom is -0.302 e. The molecule has 4 nitrogen and oxygen atoms in total. The fourth-order valence-corrected chi connectivity index (χ4v) is 4.09. The van der Waals surface area contributed by atoms with E-state index in [0.29, 0.717) is 4.90 Å². The Morgan fingerprint density at radius 2 is 1.85 bits per heavy atom. The molecular weight excluding hydrogens is 340 g/mol. The van der Waals surface area contributed by atoms with Gasteiger partial charge in [0.1, 0.15) is 0 Å². The second-order valence-corrected chi connectivity index (χ2v) is 7.58. The Kier molecular flexibility index (Phi) is 5.60. The lowest BCUT2D eigenvalue weighted by atomic mass is 10.2. The number of alkyl halides is 1. The molecule has 20 heavy (non-hydrogen) atoms. The van der Waals surface area contributed by atoms with Crippen LogP contribution in [0.15, 0.2) is 29.2 Å². The van der Waals surface area contributed by atoms with E-state index < -0.39 is 10.0 Å². The number of hydrogen-bond donors (Lipinski definition) is 1. The molecule has 0 spiro atoms. The van der Waals surface area contributed by atoms with E-state index >= 15 is 0 Å². The summed E-state index contributed by atoms with van der Waals surface area (Å²) in [4.78, 5) is 2.64. The highest BCUT2D eigenvalue weighted by Crippen LogP contribution is 2.14. The molecule has 1 fully saturated rings. The lowest BCUT2D eigenvalue weighted by molar-refractivity contribution is 0.313. The zero-order valence-corrected chi connectivity index (χ0v) is 14.1. The summed E-state index contributed by atoms with van der Waals surface area (Å²) in [5.41, 5.74) is 1.06. The van der Waals surface area contributed by atoms with Crippen molar-refractivity contribution in [2.75, 3.05) is 19.6 Å². The van der Waals surface area contributed by atoms with Gasteiger partial charge in [-0.2, -0.15) is 0 Å². The van der Waals surface area contributed by atoms with Gasteiger partial charge < -0.3 is 4.90 Å². The van der Waals surface area contributed by atoms with Crippen LogP contribution in [0.3, 0.4) is 0 Å². The fourth-order valence-electron chi connectivity index (χ4n) is 2.48. The van der Waals surface area contributed by atoms with Crippen LogP contribution in [0.25, 0.3) is 0 Å². The third kappa shape index (κ3) is 4.28. The van der Waals surface area contributed by atoms with Crippen molar-refractivity contribution in [1.29, 1.82) is 0 Å². The van der Waals surface area contributed by atoms with Crippen LogP contribution in [-0.2, 0) is 15.4 Å². The molecule has 0 radical (unpaired) electrons. The van der Waals surface area contributed by atoms with E-state index in [1.165, 1.54) is 12.8 Å². The Labute approximate surface area is 129 Å². The highest BCUT2D eigenvalue weighted by molar-refractivity contribution is 9.08. The normalized spacial score (nSPS) is 18.3. The van der Waals surface area contributed by atoms with E-state index in [-0.39, 0.29) is 6.04 Å². The van der Waals surface area contributed by atoms with Crippen LogP contribution < -0.4 is 4.72 Å². The maximum atomic E-state index is 12.3. The Morgan fingerprint density at radius 3 is 2.40 bits per heavy atom. The van der Waals surface area contributed by atoms with Crippen molar-refractivity contribution in [1.82, 2.24) is 9.62 Å². The Hall–Kier alpha value is -0.430. The fraction of sp³-hybridized carbons (Fsp3) is 0.571. The minimum absolute atomic E-state index is 0.0750. The van der Waals surface area contributed by atoms with Gasteiger partial charge in [0.25, 0.3) is 0 Å². The molecule has 0 saturated carbocycles. The molecule has 1 heterocycles. The maximum absolute atomic E-state index is 12.3. The first-order valence-corrected chi connectivity index (χ1v) is 9.51. The smallest absolute Gasteiger partial charge is 0.240 e. The first-order chi connectivity index (χ1) is 9.51. The summed E-state index contributed by atoms with van der Waals surface area (Å²) in [5.74, 6) is 0. The van der Waals surface area contributed by atoms with Gasteiger partial charge in [0.05, 0.1) is 4.90 Å². The van der Waals surface area contributed by atoms with E-state index in [0.717, 1.165) is 30.5 Å². The summed E-state index contributed by atoms with van der Waals surface area (Å²) in [6.45, 7) is 4.85. The van der Waals surface area contributed by atoms with Gasteiger partial charge in [0.15, 0.2) is 0 Å². The lowest BCUT2D eigenvalue weighted by Crippen LogP contribution is -2.40. The summed E-state index contributed by atoms with van der Waals surface area (Å²) in [5, 5.41) is 0.728. The molecule has 1 aliphatic rings. The molecule has 1 N–H and O–H groups in total. The quantitative estimate of drug-likeness (QED) is 0.792. The lowest BCUT2D eigenvalue weighted by Gasteiger charge is -2.21. The van der Waals surface area contributed by atoms with Crippen molar-refractivity contribution >= 4 is 26.0 Å². The van der Waals surface area contributed by atoms with E-state index in [1.807, 2.05) is 19.1 Å². The van der Waals surface area contributed by atoms with E-state index in [2.05, 4.69) is 25.6 Å². The molecular formula is C14H21BrN2O2S. The molecule has 0 aliphatic carbocycles. The third-order valence-corrected chi connectivity index (χ3v) is 5.73. The standard InChI is InChI=1S/C14H21BrN2O2S/c1-12(11-17-8-2-3-9-17)16-20(18,19)14-6-4-13(10-15)5-7-14/h4-7,12,16H,2-3,8-11H2,1H3. The first-order valence-electron chi connectivity index (χ1n) is 6.91. The molecule has 2 rings (SSSR count). The summed E-state index contributed by atoms with van der Waals surface area (Å²) >= 11 is 3.35. The molecule has 1 aromatic carbocycles. The third-order valence-electron chi connectivity index (χ3n) is 3.48. The monoisotopic (exact) mass is 360 g/mol. The maximum Gasteiger partial charge on any atom is 0.240 e. The van der Waals surface area contributed by atoms with Gasteiger partial charge in [-0.15, -0.1) is 0 Å². The average Bonchev–Trinajstić information content (AvgIpc) is 2.91. The number of sulfonamides is 1. The molecule has 6 heteroatoms. The van der Waals surface area contributed by atoms with Gasteiger partial charge in [0, 0.05) is 17.9 Å². The molecule has 112 valence electrons. The topological polar surface area (TPSA) is 49.4 Å². The minimum atomic E-state index is -3.42. The molecule has 0 amide bonds. The molecule has 0 bridgehead atoms. The van der Waals surface area contributed by atoms with Crippen LogP contribution in [-0.4, -0.2) is 39.0 Å². The van der Waals surface area contributed by atoms with Crippen molar-refractivity contribution in [3.63, 3.8) is 0 Å². The number of rotatable bonds is 6. The predicted molar refractivity (Wildman–Crippen MR) is 84.5 cm³/mol. The van der Waals surface area contributed by atoms with Crippen molar-refractivity contribution < 1.29 is 8.42 Å². The van der Waals surface area contributed by atoms with Crippen molar-refractivity contribution in [2.24, 2.45) is 0 Å². The van der Waals surface area contributed by atoms with Gasteiger partial charge in [0.2, 0.25) is 10.0 Å². The largest absolute Gasteiger partial charge is 0.302 e. The zero-order chi connectivity index (χ0) is 14.6. The first kappa shape index (κ1) is 15.9. The van der Waals surface area contributed by atoms with Crippen LogP contribution in [0, 0.1) is 0 Å². The van der Waals surface area contributed by atoms with Crippen molar-refractivity contribution in [3.05, 3.63) is 29.8 Å². The number of hydrogen-bond acceptors (Lipinski definition) is 3. The van der Waals surface area contributed by atoms with Crippen LogP contribution in [0.2, 0.25) is 0 Å². The molecule has 1 atom stereocenters. The van der Waals surface area contributed by atoms with Gasteiger partial charge >= 0.3 is 0 Å². The number of nitrogens with one attached hydrogen (secondary N) is 1. The van der Waals surface area contributed by atoms with Gasteiger partial charge in [-0.3, -0.25) is 0 Å². The Morgan fingerprint density at radius 1 is 1.25 bits per heavy atom. The number of likely N-dealkylation sites (tertiary alicyclic amines) is 1. The summed E-state index contributed by atoms with van der Waals surface area (Å²) in [6.07, 6.45) is 2.43. The van der Waals surface area contributed by atoms with E-state index in [9.17, 15) is 8.42 Å². The Bertz CT molecular complexity index is 525. The molecule has 0 aromatic heterocycles. The Balaban J connectivity index is 1.98. The van der Waals surface area contributed by atoms with Gasteiger partial charge in [-0.05, 0) is 50.6 Å². The molecule has 1 aromatic rings. The van der Waals surface area contributed by atoms with Crippen LogP contribution >= 0.6 is 15.9 Å². The number of benzene rings is 1. The molecule has 1 aliphatic heterocycles. The van der Waals surface area contributed by atoms with Crippen LogP contribution in [0.4, 0.5) is 0 Å². The van der Waals surface area contributed by atoms with E-state index in [1.54, 1.807) is 12.1 Å². The second kappa shape index (κ2) is 7.02. The van der Waals surface area contributed by atoms with Gasteiger partial charge in [-0.1, -0.05) is 28.1 Å². The molecule has 1 unspecified atom stereocenters. The van der Waals surface area contributed by atoms with Crippen LogP contribution in [0.5, 0.6) is 0 Å². The summed E-state index contributed by atoms with van der Waals surface area (Å²) < 4.78 is 27.3. The summed E-state index contributed by atoms with van der Waals surface area (Å²) in [6, 6.07) is 6.89. The second-order valence-electron chi connectivity index (χ2n) is 5.31. The molecule has 1 saturated heterocycles. The van der Waals surface area contributed by atoms with Gasteiger partial charge in [-0.25, -0.2) is 13.1 Å².